The fraction of sp³-hybridized carbons (Fsp3) is 0.625. The molecule has 0 bridgehead atoms. The van der Waals surface area contributed by atoms with Gasteiger partial charge in [0.15, 0.2) is 5.76 Å². The predicted octanol–water partition coefficient (Wildman–Crippen LogP) is 1.73. The van der Waals surface area contributed by atoms with Crippen LogP contribution in [0.5, 0.6) is 0 Å². The number of allylic oxidation sites excluding steroid dienone is 1. The summed E-state index contributed by atoms with van der Waals surface area (Å²) < 4.78 is 31.8. The number of nitrogens with zero attached hydrogens (tertiary/aromatic N) is 3. The number of aromatic nitrogens is 1. The second kappa shape index (κ2) is 6.68. The van der Waals surface area contributed by atoms with Crippen molar-refractivity contribution < 1.29 is 17.7 Å². The zero-order valence-electron chi connectivity index (χ0n) is 14.9. The molecule has 134 valence electrons. The molecule has 1 fully saturated rings. The fourth-order valence-corrected chi connectivity index (χ4v) is 4.26. The largest absolute Gasteiger partial charge is 0.360 e. The summed E-state index contributed by atoms with van der Waals surface area (Å²) in [7, 11) is -3.64. The first kappa shape index (κ1) is 18.7. The van der Waals surface area contributed by atoms with Crippen LogP contribution in [-0.4, -0.2) is 54.9 Å². The van der Waals surface area contributed by atoms with Gasteiger partial charge in [-0.25, -0.2) is 8.42 Å². The second-order valence-electron chi connectivity index (χ2n) is 7.08. The summed E-state index contributed by atoms with van der Waals surface area (Å²) in [4.78, 5) is 14.0. The Labute approximate surface area is 143 Å². The van der Waals surface area contributed by atoms with Crippen LogP contribution in [0.25, 0.3) is 0 Å². The molecule has 0 aromatic carbocycles. The highest BCUT2D eigenvalue weighted by atomic mass is 32.2. The molecule has 1 aromatic heterocycles. The molecule has 0 radical (unpaired) electrons. The summed E-state index contributed by atoms with van der Waals surface area (Å²) in [6, 6.07) is 0. The fourth-order valence-electron chi connectivity index (χ4n) is 2.55. The number of sulfonamides is 1. The molecule has 0 unspecified atom stereocenters. The molecule has 2 rings (SSSR count). The molecule has 7 nitrogen and oxygen atoms in total. The summed E-state index contributed by atoms with van der Waals surface area (Å²) in [5.74, 6) is 0.207. The Kier molecular flexibility index (Phi) is 5.19. The maximum atomic E-state index is 12.7. The van der Waals surface area contributed by atoms with Crippen molar-refractivity contribution in [1.82, 2.24) is 14.4 Å². The number of piperazine rings is 1. The van der Waals surface area contributed by atoms with Gasteiger partial charge in [0.05, 0.1) is 0 Å². The highest BCUT2D eigenvalue weighted by molar-refractivity contribution is 7.89. The molecule has 0 atom stereocenters. The van der Waals surface area contributed by atoms with E-state index >= 15 is 0 Å². The van der Waals surface area contributed by atoms with Gasteiger partial charge in [0, 0.05) is 26.2 Å². The average molecular weight is 355 g/mol. The summed E-state index contributed by atoms with van der Waals surface area (Å²) in [6.45, 7) is 10.5. The highest BCUT2D eigenvalue weighted by Gasteiger charge is 2.33. The SMILES string of the molecule is Cc1noc(C)c1S(=O)(=O)N1CCN(C(=O)/C=C/C(C)(C)C)CC1. The van der Waals surface area contributed by atoms with Crippen LogP contribution in [0.2, 0.25) is 0 Å². The van der Waals surface area contributed by atoms with Crippen LogP contribution in [0.1, 0.15) is 32.2 Å². The van der Waals surface area contributed by atoms with Crippen LogP contribution in [0.3, 0.4) is 0 Å². The van der Waals surface area contributed by atoms with Crippen LogP contribution in [0.15, 0.2) is 21.6 Å². The minimum absolute atomic E-state index is 0.0653. The Hall–Kier alpha value is -1.67. The topological polar surface area (TPSA) is 83.7 Å². The van der Waals surface area contributed by atoms with E-state index < -0.39 is 10.0 Å². The Bertz CT molecular complexity index is 716. The van der Waals surface area contributed by atoms with Gasteiger partial charge in [-0.2, -0.15) is 4.31 Å². The van der Waals surface area contributed by atoms with Crippen LogP contribution in [-0.2, 0) is 14.8 Å². The molecule has 0 spiro atoms. The predicted molar refractivity (Wildman–Crippen MR) is 89.9 cm³/mol. The first-order chi connectivity index (χ1) is 11.0. The van der Waals surface area contributed by atoms with E-state index in [1.807, 2.05) is 26.8 Å². The first-order valence-electron chi connectivity index (χ1n) is 7.93. The van der Waals surface area contributed by atoms with Gasteiger partial charge in [0.2, 0.25) is 15.9 Å². The van der Waals surface area contributed by atoms with Crippen LogP contribution >= 0.6 is 0 Å². The van der Waals surface area contributed by atoms with Crippen LogP contribution < -0.4 is 0 Å². The van der Waals surface area contributed by atoms with Crippen LogP contribution in [0, 0.1) is 19.3 Å². The van der Waals surface area contributed by atoms with E-state index in [-0.39, 0.29) is 29.3 Å². The third kappa shape index (κ3) is 4.05. The van der Waals surface area contributed by atoms with Crippen molar-refractivity contribution in [1.29, 1.82) is 0 Å². The highest BCUT2D eigenvalue weighted by Crippen LogP contribution is 2.24. The molecule has 1 amide bonds. The average Bonchev–Trinajstić information content (AvgIpc) is 2.84. The molecule has 1 aliphatic rings. The van der Waals surface area contributed by atoms with Crippen molar-refractivity contribution in [3.05, 3.63) is 23.6 Å². The lowest BCUT2D eigenvalue weighted by atomic mass is 9.96. The van der Waals surface area contributed by atoms with E-state index in [1.165, 1.54) is 4.31 Å². The molecular weight excluding hydrogens is 330 g/mol. The number of hydrogen-bond donors (Lipinski definition) is 0. The Morgan fingerprint density at radius 2 is 1.75 bits per heavy atom. The summed E-state index contributed by atoms with van der Waals surface area (Å²) in [6.07, 6.45) is 3.43. The second-order valence-corrected chi connectivity index (χ2v) is 8.96. The normalized spacial score (nSPS) is 17.6. The standard InChI is InChI=1S/C16H25N3O4S/c1-12-15(13(2)23-17-12)24(21,22)19-10-8-18(9-11-19)14(20)6-7-16(3,4)5/h6-7H,8-11H2,1-5H3/b7-6+. The first-order valence-corrected chi connectivity index (χ1v) is 9.37. The van der Waals surface area contributed by atoms with Gasteiger partial charge in [-0.15, -0.1) is 0 Å². The van der Waals surface area contributed by atoms with E-state index in [1.54, 1.807) is 24.8 Å². The van der Waals surface area contributed by atoms with Gasteiger partial charge < -0.3 is 9.42 Å². The lowest BCUT2D eigenvalue weighted by molar-refractivity contribution is -0.127. The van der Waals surface area contributed by atoms with E-state index in [0.29, 0.717) is 24.5 Å². The summed E-state index contributed by atoms with van der Waals surface area (Å²) >= 11 is 0. The van der Waals surface area contributed by atoms with Gasteiger partial charge in [-0.3, -0.25) is 4.79 Å². The van der Waals surface area contributed by atoms with Gasteiger partial charge in [-0.05, 0) is 25.3 Å². The Morgan fingerprint density at radius 3 is 2.21 bits per heavy atom. The summed E-state index contributed by atoms with van der Waals surface area (Å²) in [5, 5.41) is 3.71. The lowest BCUT2D eigenvalue weighted by Gasteiger charge is -2.33. The van der Waals surface area contributed by atoms with Crippen LogP contribution in [0.4, 0.5) is 0 Å². The van der Waals surface area contributed by atoms with Gasteiger partial charge in [0.25, 0.3) is 0 Å². The minimum Gasteiger partial charge on any atom is -0.360 e. The molecule has 24 heavy (non-hydrogen) atoms. The molecule has 1 aliphatic heterocycles. The number of hydrogen-bond acceptors (Lipinski definition) is 5. The molecule has 0 aliphatic carbocycles. The van der Waals surface area contributed by atoms with E-state index in [0.717, 1.165) is 0 Å². The molecule has 1 aromatic rings. The van der Waals surface area contributed by atoms with Gasteiger partial charge in [0.1, 0.15) is 10.6 Å². The molecule has 2 heterocycles. The molecule has 0 N–H and O–H groups in total. The van der Waals surface area contributed by atoms with Crippen molar-refractivity contribution >= 4 is 15.9 Å². The number of carbonyl (C=O) groups is 1. The zero-order valence-corrected chi connectivity index (χ0v) is 15.7. The minimum atomic E-state index is -3.64. The molecule has 1 saturated heterocycles. The smallest absolute Gasteiger partial charge is 0.248 e. The molecule has 0 saturated carbocycles. The maximum Gasteiger partial charge on any atom is 0.248 e. The monoisotopic (exact) mass is 355 g/mol. The van der Waals surface area contributed by atoms with Gasteiger partial charge >= 0.3 is 0 Å². The summed E-state index contributed by atoms with van der Waals surface area (Å²) in [5.41, 5.74) is 0.295. The number of aryl methyl sites for hydroxylation is 2. The van der Waals surface area contributed by atoms with Crippen molar-refractivity contribution in [3.8, 4) is 0 Å². The third-order valence-corrected chi connectivity index (χ3v) is 5.99. The number of amides is 1. The van der Waals surface area contributed by atoms with E-state index in [2.05, 4.69) is 5.16 Å². The molecular formula is C16H25N3O4S. The lowest BCUT2D eigenvalue weighted by Crippen LogP contribution is -2.50. The number of carbonyl (C=O) groups excluding carboxylic acids is 1. The maximum absolute atomic E-state index is 12.7. The van der Waals surface area contributed by atoms with Crippen molar-refractivity contribution in [2.75, 3.05) is 26.2 Å². The number of rotatable bonds is 3. The van der Waals surface area contributed by atoms with Crippen molar-refractivity contribution in [2.45, 2.75) is 39.5 Å². The van der Waals surface area contributed by atoms with E-state index in [4.69, 9.17) is 4.52 Å². The van der Waals surface area contributed by atoms with E-state index in [9.17, 15) is 13.2 Å². The molecule has 8 heteroatoms. The Balaban J connectivity index is 2.05. The van der Waals surface area contributed by atoms with Gasteiger partial charge in [-0.1, -0.05) is 32.0 Å². The van der Waals surface area contributed by atoms with Crippen molar-refractivity contribution in [2.24, 2.45) is 5.41 Å². The quantitative estimate of drug-likeness (QED) is 0.771. The van der Waals surface area contributed by atoms with Crippen molar-refractivity contribution in [3.63, 3.8) is 0 Å². The Morgan fingerprint density at radius 1 is 1.17 bits per heavy atom. The third-order valence-electron chi connectivity index (χ3n) is 3.84. The zero-order chi connectivity index (χ0) is 18.1.